The molecule has 0 aromatic carbocycles. The fourth-order valence-corrected chi connectivity index (χ4v) is 2.94. The van der Waals surface area contributed by atoms with Crippen molar-refractivity contribution >= 4 is 11.9 Å². The number of hydrogen-bond donors (Lipinski definition) is 2. The van der Waals surface area contributed by atoms with Gasteiger partial charge >= 0.3 is 5.97 Å². The van der Waals surface area contributed by atoms with Gasteiger partial charge in [0.25, 0.3) is 5.91 Å². The minimum atomic E-state index is -0.877. The highest BCUT2D eigenvalue weighted by atomic mass is 16.4. The second-order valence-corrected chi connectivity index (χ2v) is 5.88. The van der Waals surface area contributed by atoms with Crippen molar-refractivity contribution in [1.29, 1.82) is 0 Å². The van der Waals surface area contributed by atoms with Crippen LogP contribution < -0.4 is 10.9 Å². The third-order valence-corrected chi connectivity index (χ3v) is 4.25. The van der Waals surface area contributed by atoms with Crippen LogP contribution in [0.1, 0.15) is 43.0 Å². The van der Waals surface area contributed by atoms with E-state index in [9.17, 15) is 19.5 Å². The summed E-state index contributed by atoms with van der Waals surface area (Å²) in [6.07, 6.45) is 4.43. The van der Waals surface area contributed by atoms with Gasteiger partial charge in [-0.2, -0.15) is 0 Å². The van der Waals surface area contributed by atoms with E-state index in [1.54, 1.807) is 14.0 Å². The second-order valence-electron chi connectivity index (χ2n) is 5.88. The van der Waals surface area contributed by atoms with Crippen LogP contribution in [-0.2, 0) is 11.8 Å². The Bertz CT molecular complexity index is 622. The van der Waals surface area contributed by atoms with E-state index in [4.69, 9.17) is 0 Å². The molecule has 21 heavy (non-hydrogen) atoms. The van der Waals surface area contributed by atoms with Crippen LogP contribution >= 0.6 is 0 Å². The van der Waals surface area contributed by atoms with Gasteiger partial charge in [-0.3, -0.25) is 14.4 Å². The molecule has 2 atom stereocenters. The van der Waals surface area contributed by atoms with Gasteiger partial charge in [0.2, 0.25) is 5.56 Å². The van der Waals surface area contributed by atoms with Gasteiger partial charge in [0.15, 0.2) is 0 Å². The topological polar surface area (TPSA) is 88.4 Å². The van der Waals surface area contributed by atoms with Crippen LogP contribution in [0.3, 0.4) is 0 Å². The highest BCUT2D eigenvalue weighted by Crippen LogP contribution is 2.34. The van der Waals surface area contributed by atoms with Crippen LogP contribution in [0.2, 0.25) is 0 Å². The molecule has 2 N–H and O–H groups in total. The lowest BCUT2D eigenvalue weighted by Crippen LogP contribution is -2.55. The summed E-state index contributed by atoms with van der Waals surface area (Å²) in [6, 6.07) is 2.78. The number of amides is 1. The lowest BCUT2D eigenvalue weighted by molar-refractivity contribution is -0.145. The van der Waals surface area contributed by atoms with E-state index in [0.29, 0.717) is 18.4 Å². The summed E-state index contributed by atoms with van der Waals surface area (Å²) in [6.45, 7) is 1.78. The normalized spacial score (nSPS) is 25.3. The van der Waals surface area contributed by atoms with E-state index >= 15 is 0 Å². The van der Waals surface area contributed by atoms with Gasteiger partial charge < -0.3 is 15.0 Å². The molecule has 1 aromatic rings. The number of rotatable bonds is 3. The molecule has 0 saturated heterocycles. The zero-order chi connectivity index (χ0) is 15.6. The van der Waals surface area contributed by atoms with Gasteiger partial charge in [0.1, 0.15) is 0 Å². The number of hydrogen-bond acceptors (Lipinski definition) is 3. The molecule has 0 bridgehead atoms. The van der Waals surface area contributed by atoms with E-state index in [1.165, 1.54) is 22.9 Å². The van der Waals surface area contributed by atoms with E-state index in [1.807, 2.05) is 0 Å². The maximum Gasteiger partial charge on any atom is 0.308 e. The molecule has 1 aliphatic rings. The van der Waals surface area contributed by atoms with Crippen LogP contribution in [0.15, 0.2) is 23.1 Å². The molecule has 1 fully saturated rings. The number of aryl methyl sites for hydroxylation is 1. The molecule has 2 rings (SSSR count). The summed E-state index contributed by atoms with van der Waals surface area (Å²) < 4.78 is 1.33. The van der Waals surface area contributed by atoms with E-state index < -0.39 is 17.4 Å². The monoisotopic (exact) mass is 292 g/mol. The molecule has 1 saturated carbocycles. The van der Waals surface area contributed by atoms with E-state index in [-0.39, 0.29) is 11.5 Å². The fraction of sp³-hybridized carbons (Fsp3) is 0.533. The summed E-state index contributed by atoms with van der Waals surface area (Å²) in [5.41, 5.74) is -0.595. The summed E-state index contributed by atoms with van der Waals surface area (Å²) in [5.74, 6) is -1.80. The van der Waals surface area contributed by atoms with Crippen LogP contribution in [0.25, 0.3) is 0 Å². The molecule has 0 radical (unpaired) electrons. The Kier molecular flexibility index (Phi) is 4.16. The minimum Gasteiger partial charge on any atom is -0.481 e. The Morgan fingerprint density at radius 2 is 2.10 bits per heavy atom. The van der Waals surface area contributed by atoms with Crippen molar-refractivity contribution in [3.63, 3.8) is 0 Å². The number of carbonyl (C=O) groups excluding carboxylic acids is 1. The first kappa shape index (κ1) is 15.3. The molecule has 1 amide bonds. The fourth-order valence-electron chi connectivity index (χ4n) is 2.94. The first-order chi connectivity index (χ1) is 9.83. The second kappa shape index (κ2) is 5.71. The Hall–Kier alpha value is -2.11. The van der Waals surface area contributed by atoms with Gasteiger partial charge in [0, 0.05) is 19.3 Å². The van der Waals surface area contributed by atoms with Crippen molar-refractivity contribution in [2.24, 2.45) is 13.0 Å². The number of aromatic nitrogens is 1. The molecule has 0 spiro atoms. The predicted octanol–water partition coefficient (Wildman–Crippen LogP) is 1.15. The highest BCUT2D eigenvalue weighted by Gasteiger charge is 2.42. The summed E-state index contributed by atoms with van der Waals surface area (Å²) in [7, 11) is 1.57. The molecule has 0 aliphatic heterocycles. The standard InChI is InChI=1S/C15H20N2O4/c1-15(8-4-3-5-11(15)14(20)21)16-13(19)10-6-7-12(18)17(2)9-10/h6-7,9,11H,3-5,8H2,1-2H3,(H,16,19)(H,20,21). The Morgan fingerprint density at radius 3 is 2.71 bits per heavy atom. The third kappa shape index (κ3) is 3.15. The number of nitrogens with one attached hydrogen (secondary N) is 1. The molecule has 6 nitrogen and oxygen atoms in total. The lowest BCUT2D eigenvalue weighted by Gasteiger charge is -2.39. The zero-order valence-corrected chi connectivity index (χ0v) is 12.3. The summed E-state index contributed by atoms with van der Waals surface area (Å²) >= 11 is 0. The molecule has 114 valence electrons. The number of pyridine rings is 1. The highest BCUT2D eigenvalue weighted by molar-refractivity contribution is 5.94. The Balaban J connectivity index is 2.21. The van der Waals surface area contributed by atoms with Crippen molar-refractivity contribution in [1.82, 2.24) is 9.88 Å². The quantitative estimate of drug-likeness (QED) is 0.874. The van der Waals surface area contributed by atoms with Crippen LogP contribution in [0.5, 0.6) is 0 Å². The predicted molar refractivity (Wildman–Crippen MR) is 77.1 cm³/mol. The van der Waals surface area contributed by atoms with Crippen molar-refractivity contribution in [2.45, 2.75) is 38.1 Å². The van der Waals surface area contributed by atoms with Crippen LogP contribution in [-0.4, -0.2) is 27.1 Å². The molecule has 1 aliphatic carbocycles. The first-order valence-electron chi connectivity index (χ1n) is 7.05. The molecular formula is C15H20N2O4. The third-order valence-electron chi connectivity index (χ3n) is 4.25. The molecule has 6 heteroatoms. The Labute approximate surface area is 122 Å². The lowest BCUT2D eigenvalue weighted by atomic mass is 9.74. The van der Waals surface area contributed by atoms with Crippen molar-refractivity contribution < 1.29 is 14.7 Å². The van der Waals surface area contributed by atoms with E-state index in [2.05, 4.69) is 5.32 Å². The largest absolute Gasteiger partial charge is 0.481 e. The number of aliphatic carboxylic acids is 1. The van der Waals surface area contributed by atoms with E-state index in [0.717, 1.165) is 12.8 Å². The maximum absolute atomic E-state index is 12.3. The first-order valence-corrected chi connectivity index (χ1v) is 7.05. The maximum atomic E-state index is 12.3. The van der Waals surface area contributed by atoms with Gasteiger partial charge in [-0.25, -0.2) is 0 Å². The molecular weight excluding hydrogens is 272 g/mol. The number of carboxylic acid groups (broad SMARTS) is 1. The zero-order valence-electron chi connectivity index (χ0n) is 12.3. The SMILES string of the molecule is Cn1cc(C(=O)NC2(C)CCCCC2C(=O)O)ccc1=O. The van der Waals surface area contributed by atoms with Gasteiger partial charge in [-0.05, 0) is 25.8 Å². The number of carbonyl (C=O) groups is 2. The molecule has 1 aromatic heterocycles. The number of carboxylic acids is 1. The van der Waals surface area contributed by atoms with Gasteiger partial charge in [0.05, 0.1) is 17.0 Å². The average molecular weight is 292 g/mol. The van der Waals surface area contributed by atoms with Crippen molar-refractivity contribution in [3.05, 3.63) is 34.2 Å². The van der Waals surface area contributed by atoms with Crippen molar-refractivity contribution in [3.8, 4) is 0 Å². The minimum absolute atomic E-state index is 0.196. The van der Waals surface area contributed by atoms with Crippen LogP contribution in [0, 0.1) is 5.92 Å². The Morgan fingerprint density at radius 1 is 1.38 bits per heavy atom. The van der Waals surface area contributed by atoms with Gasteiger partial charge in [-0.1, -0.05) is 12.8 Å². The van der Waals surface area contributed by atoms with Crippen molar-refractivity contribution in [2.75, 3.05) is 0 Å². The van der Waals surface area contributed by atoms with Gasteiger partial charge in [-0.15, -0.1) is 0 Å². The average Bonchev–Trinajstić information content (AvgIpc) is 2.41. The summed E-state index contributed by atoms with van der Waals surface area (Å²) in [4.78, 5) is 35.1. The van der Waals surface area contributed by atoms with Crippen LogP contribution in [0.4, 0.5) is 0 Å². The smallest absolute Gasteiger partial charge is 0.308 e. The molecule has 2 unspecified atom stereocenters. The number of nitrogens with zero attached hydrogens (tertiary/aromatic N) is 1. The summed E-state index contributed by atoms with van der Waals surface area (Å²) in [5, 5.41) is 12.2. The molecule has 1 heterocycles.